The fourth-order valence-electron chi connectivity index (χ4n) is 4.30. The van der Waals surface area contributed by atoms with Crippen LogP contribution in [0.3, 0.4) is 0 Å². The molecule has 0 spiro atoms. The van der Waals surface area contributed by atoms with Crippen LogP contribution in [0.4, 0.5) is 4.39 Å². The molecule has 3 nitrogen and oxygen atoms in total. The summed E-state index contributed by atoms with van der Waals surface area (Å²) >= 11 is 0. The Balaban J connectivity index is 0.000000156. The van der Waals surface area contributed by atoms with Gasteiger partial charge in [-0.05, 0) is 46.8 Å². The molecule has 5 aromatic carbocycles. The Morgan fingerprint density at radius 3 is 2.34 bits per heavy atom. The molecule has 0 fully saturated rings. The average Bonchev–Trinajstić information content (AvgIpc) is 2.97. The second-order valence-corrected chi connectivity index (χ2v) is 8.53. The normalized spacial score (nSPS) is 10.6. The Morgan fingerprint density at radius 2 is 1.50 bits per heavy atom. The van der Waals surface area contributed by atoms with Crippen molar-refractivity contribution in [2.75, 3.05) is 0 Å². The topological polar surface area (TPSA) is 38.7 Å². The van der Waals surface area contributed by atoms with Gasteiger partial charge in [0.25, 0.3) is 0 Å². The van der Waals surface area contributed by atoms with Crippen molar-refractivity contribution in [3.63, 3.8) is 0 Å². The van der Waals surface area contributed by atoms with Crippen molar-refractivity contribution in [1.29, 1.82) is 0 Å². The number of hydrogen-bond acceptors (Lipinski definition) is 3. The van der Waals surface area contributed by atoms with E-state index in [1.807, 2.05) is 79.0 Å². The van der Waals surface area contributed by atoms with Crippen LogP contribution in [0.25, 0.3) is 55.1 Å². The van der Waals surface area contributed by atoms with Gasteiger partial charge in [-0.1, -0.05) is 47.9 Å². The molecule has 0 N–H and O–H groups in total. The summed E-state index contributed by atoms with van der Waals surface area (Å²) in [6, 6.07) is 40.8. The van der Waals surface area contributed by atoms with Gasteiger partial charge in [-0.3, -0.25) is 9.97 Å². The Kier molecular flexibility index (Phi) is 7.60. The van der Waals surface area contributed by atoms with Crippen LogP contribution >= 0.6 is 0 Å². The average molecular weight is 670 g/mol. The van der Waals surface area contributed by atoms with Gasteiger partial charge in [-0.25, -0.2) is 4.39 Å². The minimum absolute atomic E-state index is 0. The number of rotatable bonds is 2. The van der Waals surface area contributed by atoms with Gasteiger partial charge in [0.1, 0.15) is 5.82 Å². The van der Waals surface area contributed by atoms with Crippen molar-refractivity contribution in [3.05, 3.63) is 140 Å². The van der Waals surface area contributed by atoms with Crippen LogP contribution in [0.2, 0.25) is 0 Å². The molecule has 2 aromatic heterocycles. The number of hydrogen-bond donors (Lipinski definition) is 0. The standard InChI is InChI=1S/C18H10FN2.C15H10N.Ir/c19-16-7-6-13-8-15-11-20-18(12-4-2-1-3-5-12)21-17(15)10-14(13)9-16;1-2-8-13-12(6-1)7-5-9-14(13)15-10-3-4-11-16-15;/h1-4,6-11H;1-8,10-11H;/q2*-1;. The Bertz CT molecular complexity index is 1840. The van der Waals surface area contributed by atoms with Crippen molar-refractivity contribution in [2.24, 2.45) is 0 Å². The van der Waals surface area contributed by atoms with Crippen LogP contribution in [-0.4, -0.2) is 15.0 Å². The number of fused-ring (bicyclic) bond motifs is 3. The maximum Gasteiger partial charge on any atom is 0.123 e. The predicted molar refractivity (Wildman–Crippen MR) is 147 cm³/mol. The zero-order chi connectivity index (χ0) is 25.0. The molecule has 0 aliphatic rings. The maximum absolute atomic E-state index is 13.3. The van der Waals surface area contributed by atoms with E-state index in [9.17, 15) is 4.39 Å². The monoisotopic (exact) mass is 670 g/mol. The van der Waals surface area contributed by atoms with Gasteiger partial charge in [0.2, 0.25) is 0 Å². The molecule has 2 heterocycles. The Morgan fingerprint density at radius 1 is 0.632 bits per heavy atom. The van der Waals surface area contributed by atoms with Gasteiger partial charge in [0.05, 0.1) is 11.3 Å². The molecule has 5 heteroatoms. The van der Waals surface area contributed by atoms with Crippen molar-refractivity contribution in [2.45, 2.75) is 0 Å². The minimum atomic E-state index is -0.243. The number of halogens is 1. The quantitative estimate of drug-likeness (QED) is 0.138. The van der Waals surface area contributed by atoms with Crippen LogP contribution in [0, 0.1) is 17.9 Å². The van der Waals surface area contributed by atoms with Gasteiger partial charge in [0.15, 0.2) is 0 Å². The molecule has 0 aliphatic carbocycles. The number of pyridine rings is 1. The van der Waals surface area contributed by atoms with Crippen LogP contribution < -0.4 is 0 Å². The second kappa shape index (κ2) is 11.4. The van der Waals surface area contributed by atoms with E-state index in [1.54, 1.807) is 12.3 Å². The fourth-order valence-corrected chi connectivity index (χ4v) is 4.30. The third kappa shape index (κ3) is 5.35. The third-order valence-electron chi connectivity index (χ3n) is 6.09. The van der Waals surface area contributed by atoms with Gasteiger partial charge in [-0.2, -0.15) is 0 Å². The molecule has 7 aromatic rings. The summed E-state index contributed by atoms with van der Waals surface area (Å²) in [5.41, 5.74) is 3.69. The molecule has 185 valence electrons. The third-order valence-corrected chi connectivity index (χ3v) is 6.09. The second-order valence-electron chi connectivity index (χ2n) is 8.53. The first-order chi connectivity index (χ1) is 18.2. The summed E-state index contributed by atoms with van der Waals surface area (Å²) in [6.45, 7) is 0. The van der Waals surface area contributed by atoms with Crippen LogP contribution in [0.1, 0.15) is 0 Å². The molecule has 38 heavy (non-hydrogen) atoms. The SMILES string of the molecule is Fc1ccc2cc3cnc(-c4[c-]cccc4)nc3cc2c1.[Ir].[c-]1ccc2ccccc2c1-c1ccccn1. The van der Waals surface area contributed by atoms with E-state index in [2.05, 4.69) is 45.3 Å². The van der Waals surface area contributed by atoms with Crippen LogP contribution in [0.15, 0.2) is 122 Å². The van der Waals surface area contributed by atoms with E-state index in [4.69, 9.17) is 0 Å². The largest absolute Gasteiger partial charge is 0.305 e. The van der Waals surface area contributed by atoms with Crippen molar-refractivity contribution in [1.82, 2.24) is 15.0 Å². The maximum atomic E-state index is 13.3. The molecule has 0 bridgehead atoms. The Labute approximate surface area is 233 Å². The number of aromatic nitrogens is 3. The van der Waals surface area contributed by atoms with Crippen LogP contribution in [-0.2, 0) is 20.1 Å². The molecular formula is C33H20FIrN3-2. The molecule has 0 atom stereocenters. The van der Waals surface area contributed by atoms with E-state index in [0.717, 1.165) is 38.5 Å². The molecule has 0 saturated carbocycles. The van der Waals surface area contributed by atoms with Gasteiger partial charge < -0.3 is 4.98 Å². The zero-order valence-corrected chi connectivity index (χ0v) is 22.5. The minimum Gasteiger partial charge on any atom is -0.305 e. The van der Waals surface area contributed by atoms with E-state index in [1.165, 1.54) is 22.9 Å². The van der Waals surface area contributed by atoms with E-state index >= 15 is 0 Å². The van der Waals surface area contributed by atoms with Crippen LogP contribution in [0.5, 0.6) is 0 Å². The summed E-state index contributed by atoms with van der Waals surface area (Å²) in [5, 5.41) is 5.18. The van der Waals surface area contributed by atoms with Crippen molar-refractivity contribution in [3.8, 4) is 22.6 Å². The van der Waals surface area contributed by atoms with Crippen molar-refractivity contribution >= 4 is 32.4 Å². The molecule has 0 amide bonds. The number of nitrogens with zero attached hydrogens (tertiary/aromatic N) is 3. The molecule has 1 radical (unpaired) electrons. The molecule has 7 rings (SSSR count). The first-order valence-electron chi connectivity index (χ1n) is 11.9. The number of benzene rings is 5. The van der Waals surface area contributed by atoms with E-state index in [-0.39, 0.29) is 25.9 Å². The molecular weight excluding hydrogens is 650 g/mol. The van der Waals surface area contributed by atoms with Crippen molar-refractivity contribution < 1.29 is 24.5 Å². The van der Waals surface area contributed by atoms with E-state index < -0.39 is 0 Å². The molecule has 0 aliphatic heterocycles. The summed E-state index contributed by atoms with van der Waals surface area (Å²) < 4.78 is 13.3. The van der Waals surface area contributed by atoms with E-state index in [0.29, 0.717) is 5.82 Å². The molecule has 0 saturated heterocycles. The summed E-state index contributed by atoms with van der Waals surface area (Å²) in [4.78, 5) is 13.3. The molecule has 0 unspecified atom stereocenters. The first kappa shape index (κ1) is 25.3. The zero-order valence-electron chi connectivity index (χ0n) is 20.1. The van der Waals surface area contributed by atoms with Gasteiger partial charge in [-0.15, -0.1) is 65.0 Å². The Hall–Kier alpha value is -4.31. The summed E-state index contributed by atoms with van der Waals surface area (Å²) in [7, 11) is 0. The smallest absolute Gasteiger partial charge is 0.123 e. The summed E-state index contributed by atoms with van der Waals surface area (Å²) in [6.07, 6.45) is 3.60. The fraction of sp³-hybridized carbons (Fsp3) is 0. The first-order valence-corrected chi connectivity index (χ1v) is 11.9. The summed E-state index contributed by atoms with van der Waals surface area (Å²) in [5.74, 6) is 0.381. The van der Waals surface area contributed by atoms with Gasteiger partial charge in [0, 0.05) is 37.9 Å². The predicted octanol–water partition coefficient (Wildman–Crippen LogP) is 8.09. The van der Waals surface area contributed by atoms with Gasteiger partial charge >= 0.3 is 0 Å².